The molecule has 4 rings (SSSR count). The predicted molar refractivity (Wildman–Crippen MR) is 98.0 cm³/mol. The third-order valence-electron chi connectivity index (χ3n) is 4.63. The molecule has 0 spiro atoms. The fourth-order valence-corrected chi connectivity index (χ4v) is 4.56. The number of hydrogen-bond acceptors (Lipinski definition) is 4. The van der Waals surface area contributed by atoms with Crippen LogP contribution >= 0.6 is 11.3 Å². The molecule has 1 atom stereocenters. The van der Waals surface area contributed by atoms with Crippen molar-refractivity contribution in [3.8, 4) is 6.07 Å². The Labute approximate surface area is 146 Å². The summed E-state index contributed by atoms with van der Waals surface area (Å²) in [5.41, 5.74) is 3.09. The highest BCUT2D eigenvalue weighted by atomic mass is 32.1. The van der Waals surface area contributed by atoms with Crippen molar-refractivity contribution in [2.24, 2.45) is 0 Å². The summed E-state index contributed by atoms with van der Waals surface area (Å²) in [7, 11) is 0. The van der Waals surface area contributed by atoms with Gasteiger partial charge in [-0.1, -0.05) is 24.3 Å². The maximum Gasteiger partial charge on any atom is 0.0991 e. The summed E-state index contributed by atoms with van der Waals surface area (Å²) in [6.45, 7) is 3.09. The van der Waals surface area contributed by atoms with Gasteiger partial charge in [0.1, 0.15) is 0 Å². The summed E-state index contributed by atoms with van der Waals surface area (Å²) in [5.74, 6) is 0.523. The van der Waals surface area contributed by atoms with E-state index in [1.165, 1.54) is 28.1 Å². The molecule has 1 saturated heterocycles. The van der Waals surface area contributed by atoms with Gasteiger partial charge in [0, 0.05) is 19.0 Å². The Balaban J connectivity index is 1.50. The molecule has 0 radical (unpaired) electrons. The smallest absolute Gasteiger partial charge is 0.0991 e. The van der Waals surface area contributed by atoms with Gasteiger partial charge in [0.2, 0.25) is 0 Å². The van der Waals surface area contributed by atoms with Crippen LogP contribution in [0.4, 0.5) is 0 Å². The van der Waals surface area contributed by atoms with Crippen molar-refractivity contribution >= 4 is 21.6 Å². The highest BCUT2D eigenvalue weighted by Crippen LogP contribution is 2.33. The van der Waals surface area contributed by atoms with Crippen LogP contribution in [0.2, 0.25) is 0 Å². The fraction of sp³-hybridized carbons (Fsp3) is 0.300. The first-order chi connectivity index (χ1) is 11.8. The molecule has 1 aromatic heterocycles. The van der Waals surface area contributed by atoms with Crippen LogP contribution in [0.5, 0.6) is 0 Å². The van der Waals surface area contributed by atoms with Gasteiger partial charge in [-0.05, 0) is 49.2 Å². The molecule has 0 bridgehead atoms. The van der Waals surface area contributed by atoms with Crippen LogP contribution in [0.1, 0.15) is 34.9 Å². The van der Waals surface area contributed by atoms with Gasteiger partial charge in [0.05, 0.1) is 26.9 Å². The number of piperidine rings is 1. The molecule has 0 aliphatic carbocycles. The summed E-state index contributed by atoms with van der Waals surface area (Å²) in [5, 5.41) is 10.3. The van der Waals surface area contributed by atoms with Gasteiger partial charge in [-0.3, -0.25) is 4.90 Å². The molecule has 0 amide bonds. The number of para-hydroxylation sites is 1. The van der Waals surface area contributed by atoms with Crippen molar-refractivity contribution in [2.45, 2.75) is 25.3 Å². The lowest BCUT2D eigenvalue weighted by molar-refractivity contribution is 0.200. The van der Waals surface area contributed by atoms with Crippen LogP contribution in [0.25, 0.3) is 10.2 Å². The maximum absolute atomic E-state index is 9.06. The molecule has 1 aliphatic heterocycles. The first-order valence-corrected chi connectivity index (χ1v) is 9.20. The third kappa shape index (κ3) is 3.19. The molecule has 120 valence electrons. The van der Waals surface area contributed by atoms with Crippen LogP contribution in [0.15, 0.2) is 48.5 Å². The van der Waals surface area contributed by atoms with Gasteiger partial charge >= 0.3 is 0 Å². The van der Waals surface area contributed by atoms with E-state index in [-0.39, 0.29) is 0 Å². The Morgan fingerprint density at radius 1 is 1.21 bits per heavy atom. The standard InChI is InChI=1S/C20H19N3S/c21-12-15-5-3-6-16(11-15)13-23-10-4-7-17(14-23)20-22-18-8-1-2-9-19(18)24-20/h1-3,5-6,8-9,11,17H,4,7,10,13-14H2/t17-/m0/s1. The Hall–Kier alpha value is -2.22. The molecule has 1 fully saturated rings. The number of hydrogen-bond donors (Lipinski definition) is 0. The van der Waals surface area contributed by atoms with Gasteiger partial charge in [-0.25, -0.2) is 4.98 Å². The zero-order valence-corrected chi connectivity index (χ0v) is 14.3. The average molecular weight is 333 g/mol. The van der Waals surface area contributed by atoms with E-state index in [1.807, 2.05) is 29.5 Å². The SMILES string of the molecule is N#Cc1cccc(CN2CCC[C@H](c3nc4ccccc4s3)C2)c1. The number of thiazole rings is 1. The Kier molecular flexibility index (Phi) is 4.29. The van der Waals surface area contributed by atoms with Crippen molar-refractivity contribution in [1.29, 1.82) is 5.26 Å². The first-order valence-electron chi connectivity index (χ1n) is 8.39. The minimum atomic E-state index is 0.523. The zero-order valence-electron chi connectivity index (χ0n) is 13.5. The molecule has 3 nitrogen and oxygen atoms in total. The van der Waals surface area contributed by atoms with E-state index in [1.54, 1.807) is 0 Å². The minimum Gasteiger partial charge on any atom is -0.298 e. The van der Waals surface area contributed by atoms with Crippen LogP contribution < -0.4 is 0 Å². The molecule has 2 heterocycles. The number of rotatable bonds is 3. The van der Waals surface area contributed by atoms with E-state index in [9.17, 15) is 0 Å². The lowest BCUT2D eigenvalue weighted by Crippen LogP contribution is -2.33. The lowest BCUT2D eigenvalue weighted by atomic mass is 9.98. The van der Waals surface area contributed by atoms with Crippen LogP contribution in [0.3, 0.4) is 0 Å². The molecule has 1 aliphatic rings. The summed E-state index contributed by atoms with van der Waals surface area (Å²) in [6.07, 6.45) is 2.42. The highest BCUT2D eigenvalue weighted by molar-refractivity contribution is 7.18. The van der Waals surface area contributed by atoms with Crippen molar-refractivity contribution in [1.82, 2.24) is 9.88 Å². The number of benzene rings is 2. The summed E-state index contributed by atoms with van der Waals surface area (Å²) >= 11 is 1.84. The van der Waals surface area contributed by atoms with E-state index < -0.39 is 0 Å². The molecule has 0 unspecified atom stereocenters. The summed E-state index contributed by atoms with van der Waals surface area (Å²) in [6, 6.07) is 18.6. The maximum atomic E-state index is 9.06. The van der Waals surface area contributed by atoms with Crippen molar-refractivity contribution in [3.63, 3.8) is 0 Å². The van der Waals surface area contributed by atoms with Crippen molar-refractivity contribution in [2.75, 3.05) is 13.1 Å². The minimum absolute atomic E-state index is 0.523. The first kappa shape index (κ1) is 15.3. The van der Waals surface area contributed by atoms with E-state index >= 15 is 0 Å². The third-order valence-corrected chi connectivity index (χ3v) is 5.83. The van der Waals surface area contributed by atoms with Crippen LogP contribution in [-0.4, -0.2) is 23.0 Å². The number of fused-ring (bicyclic) bond motifs is 1. The molecule has 0 saturated carbocycles. The van der Waals surface area contributed by atoms with Crippen molar-refractivity contribution in [3.05, 3.63) is 64.7 Å². The van der Waals surface area contributed by atoms with Gasteiger partial charge in [0.15, 0.2) is 0 Å². The summed E-state index contributed by atoms with van der Waals surface area (Å²) in [4.78, 5) is 7.35. The lowest BCUT2D eigenvalue weighted by Gasteiger charge is -2.31. The monoisotopic (exact) mass is 333 g/mol. The van der Waals surface area contributed by atoms with Gasteiger partial charge < -0.3 is 0 Å². The normalized spacial score (nSPS) is 18.5. The number of nitrogens with zero attached hydrogens (tertiary/aromatic N) is 3. The molecule has 24 heavy (non-hydrogen) atoms. The van der Waals surface area contributed by atoms with Crippen molar-refractivity contribution < 1.29 is 0 Å². The Morgan fingerprint density at radius 3 is 3.00 bits per heavy atom. The average Bonchev–Trinajstić information content (AvgIpc) is 3.06. The predicted octanol–water partition coefficient (Wildman–Crippen LogP) is 4.55. The Bertz CT molecular complexity index is 860. The second-order valence-electron chi connectivity index (χ2n) is 6.41. The molecular weight excluding hydrogens is 314 g/mol. The van der Waals surface area contributed by atoms with Crippen LogP contribution in [0, 0.1) is 11.3 Å². The Morgan fingerprint density at radius 2 is 2.12 bits per heavy atom. The van der Waals surface area contributed by atoms with Gasteiger partial charge in [-0.15, -0.1) is 11.3 Å². The molecule has 0 N–H and O–H groups in total. The fourth-order valence-electron chi connectivity index (χ4n) is 3.46. The zero-order chi connectivity index (χ0) is 16.4. The molecule has 2 aromatic carbocycles. The highest BCUT2D eigenvalue weighted by Gasteiger charge is 2.24. The summed E-state index contributed by atoms with van der Waals surface area (Å²) < 4.78 is 1.28. The molecule has 4 heteroatoms. The number of likely N-dealkylation sites (tertiary alicyclic amines) is 1. The number of nitriles is 1. The van der Waals surface area contributed by atoms with Crippen LogP contribution in [-0.2, 0) is 6.54 Å². The quantitative estimate of drug-likeness (QED) is 0.706. The topological polar surface area (TPSA) is 39.9 Å². The molecular formula is C20H19N3S. The second-order valence-corrected chi connectivity index (χ2v) is 7.47. The largest absolute Gasteiger partial charge is 0.298 e. The van der Waals surface area contributed by atoms with E-state index in [4.69, 9.17) is 10.2 Å². The molecule has 3 aromatic rings. The van der Waals surface area contributed by atoms with E-state index in [2.05, 4.69) is 41.3 Å². The number of aromatic nitrogens is 1. The van der Waals surface area contributed by atoms with E-state index in [0.717, 1.165) is 30.7 Å². The van der Waals surface area contributed by atoms with E-state index in [0.29, 0.717) is 5.92 Å². The van der Waals surface area contributed by atoms with Gasteiger partial charge in [0.25, 0.3) is 0 Å². The second kappa shape index (κ2) is 6.72. The van der Waals surface area contributed by atoms with Gasteiger partial charge in [-0.2, -0.15) is 5.26 Å².